The lowest BCUT2D eigenvalue weighted by Gasteiger charge is -2.17. The van der Waals surface area contributed by atoms with Crippen molar-refractivity contribution >= 4 is 5.91 Å². The summed E-state index contributed by atoms with van der Waals surface area (Å²) in [6, 6.07) is 0. The number of amides is 1. The molecule has 3 heteroatoms. The highest BCUT2D eigenvalue weighted by Crippen LogP contribution is 2.40. The number of carbonyl (C=O) groups excluding carboxylic acids is 1. The highest BCUT2D eigenvalue weighted by molar-refractivity contribution is 5.83. The minimum atomic E-state index is 0.0573. The summed E-state index contributed by atoms with van der Waals surface area (Å²) in [5.41, 5.74) is 0.807. The van der Waals surface area contributed by atoms with E-state index >= 15 is 0 Å². The Kier molecular flexibility index (Phi) is 1.96. The molecule has 1 aliphatic carbocycles. The summed E-state index contributed by atoms with van der Waals surface area (Å²) < 4.78 is 0. The molecule has 2 atom stereocenters. The zero-order valence-corrected chi connectivity index (χ0v) is 7.69. The van der Waals surface area contributed by atoms with E-state index in [0.29, 0.717) is 0 Å². The maximum atomic E-state index is 11.7. The van der Waals surface area contributed by atoms with Crippen LogP contribution < -0.4 is 0 Å². The molecular weight excluding hydrogens is 166 g/mol. The summed E-state index contributed by atoms with van der Waals surface area (Å²) in [4.78, 5) is 16.7. The van der Waals surface area contributed by atoms with E-state index in [4.69, 9.17) is 4.84 Å². The van der Waals surface area contributed by atoms with Gasteiger partial charge in [-0.25, -0.2) is 0 Å². The lowest BCUT2D eigenvalue weighted by Crippen LogP contribution is -2.25. The van der Waals surface area contributed by atoms with E-state index in [2.05, 4.69) is 18.7 Å². The fourth-order valence-corrected chi connectivity index (χ4v) is 2.11. The molecule has 1 fully saturated rings. The van der Waals surface area contributed by atoms with Crippen LogP contribution in [0.1, 0.15) is 12.8 Å². The summed E-state index contributed by atoms with van der Waals surface area (Å²) in [7, 11) is 1.51. The van der Waals surface area contributed by atoms with Gasteiger partial charge in [0.05, 0.1) is 13.0 Å². The molecule has 0 radical (unpaired) electrons. The third kappa shape index (κ3) is 1.11. The van der Waals surface area contributed by atoms with Crippen LogP contribution in [0.2, 0.25) is 0 Å². The summed E-state index contributed by atoms with van der Waals surface area (Å²) in [6.07, 6.45) is 5.90. The minimum absolute atomic E-state index is 0.0573. The van der Waals surface area contributed by atoms with Crippen molar-refractivity contribution in [1.82, 2.24) is 5.06 Å². The average molecular weight is 179 g/mol. The van der Waals surface area contributed by atoms with E-state index in [-0.39, 0.29) is 17.7 Å². The highest BCUT2D eigenvalue weighted by Gasteiger charge is 2.43. The molecule has 0 spiro atoms. The Morgan fingerprint density at radius 2 is 2.08 bits per heavy atom. The molecule has 0 aromatic carbocycles. The lowest BCUT2D eigenvalue weighted by molar-refractivity contribution is -0.162. The Morgan fingerprint density at radius 3 is 2.62 bits per heavy atom. The molecule has 0 aromatic rings. The normalized spacial score (nSPS) is 32.5. The molecule has 0 bridgehead atoms. The third-order valence-electron chi connectivity index (χ3n) is 2.82. The zero-order chi connectivity index (χ0) is 9.42. The maximum absolute atomic E-state index is 11.7. The molecule has 1 heterocycles. The largest absolute Gasteiger partial charge is 0.272 e. The molecular formula is C10H13NO2. The molecule has 2 aliphatic rings. The summed E-state index contributed by atoms with van der Waals surface area (Å²) in [6.45, 7) is 3.89. The number of nitrogens with zero attached hydrogens (tertiary/aromatic N) is 1. The fraction of sp³-hybridized carbons (Fsp3) is 0.500. The van der Waals surface area contributed by atoms with Crippen LogP contribution in [-0.4, -0.2) is 18.1 Å². The highest BCUT2D eigenvalue weighted by atomic mass is 16.7. The van der Waals surface area contributed by atoms with Crippen molar-refractivity contribution in [1.29, 1.82) is 0 Å². The minimum Gasteiger partial charge on any atom is -0.272 e. The van der Waals surface area contributed by atoms with E-state index in [0.717, 1.165) is 18.5 Å². The number of hydrogen-bond acceptors (Lipinski definition) is 2. The van der Waals surface area contributed by atoms with Crippen molar-refractivity contribution in [3.05, 3.63) is 24.4 Å². The smallest absolute Gasteiger partial charge is 0.254 e. The van der Waals surface area contributed by atoms with Crippen LogP contribution in [0.3, 0.4) is 0 Å². The molecule has 0 aromatic heterocycles. The van der Waals surface area contributed by atoms with Gasteiger partial charge < -0.3 is 0 Å². The SMILES string of the molecule is C=C1C2CC=CCC2C(=O)N1OC. The predicted octanol–water partition coefficient (Wildman–Crippen LogP) is 1.49. The van der Waals surface area contributed by atoms with Gasteiger partial charge in [0, 0.05) is 11.6 Å². The van der Waals surface area contributed by atoms with Gasteiger partial charge in [0.25, 0.3) is 5.91 Å². The van der Waals surface area contributed by atoms with Gasteiger partial charge >= 0.3 is 0 Å². The van der Waals surface area contributed by atoms with Gasteiger partial charge in [0.15, 0.2) is 0 Å². The first-order chi connectivity index (χ1) is 6.25. The first-order valence-electron chi connectivity index (χ1n) is 4.47. The summed E-state index contributed by atoms with van der Waals surface area (Å²) in [5, 5.41) is 1.34. The van der Waals surface area contributed by atoms with E-state index in [9.17, 15) is 4.79 Å². The van der Waals surface area contributed by atoms with Crippen molar-refractivity contribution in [2.24, 2.45) is 11.8 Å². The van der Waals surface area contributed by atoms with E-state index in [1.165, 1.54) is 12.2 Å². The number of allylic oxidation sites excluding steroid dienone is 3. The molecule has 1 amide bonds. The Balaban J connectivity index is 2.27. The Hall–Kier alpha value is -1.09. The van der Waals surface area contributed by atoms with Crippen LogP contribution in [0, 0.1) is 11.8 Å². The first-order valence-corrected chi connectivity index (χ1v) is 4.47. The predicted molar refractivity (Wildman–Crippen MR) is 48.3 cm³/mol. The molecule has 1 saturated heterocycles. The second-order valence-corrected chi connectivity index (χ2v) is 3.46. The van der Waals surface area contributed by atoms with Crippen molar-refractivity contribution in [2.75, 3.05) is 7.11 Å². The standard InChI is InChI=1S/C10H13NO2/c1-7-8-5-3-4-6-9(8)10(12)11(7)13-2/h3-4,8-9H,1,5-6H2,2H3. The molecule has 2 rings (SSSR count). The van der Waals surface area contributed by atoms with Crippen LogP contribution in [0.4, 0.5) is 0 Å². The van der Waals surface area contributed by atoms with Gasteiger partial charge in [-0.05, 0) is 12.8 Å². The molecule has 0 saturated carbocycles. The number of carbonyl (C=O) groups is 1. The quantitative estimate of drug-likeness (QED) is 0.571. The maximum Gasteiger partial charge on any atom is 0.254 e. The first kappa shape index (κ1) is 8.51. The molecule has 1 aliphatic heterocycles. The Bertz CT molecular complexity index is 257. The van der Waals surface area contributed by atoms with Gasteiger partial charge in [-0.2, -0.15) is 5.06 Å². The Morgan fingerprint density at radius 1 is 1.46 bits per heavy atom. The topological polar surface area (TPSA) is 29.5 Å². The average Bonchev–Trinajstić information content (AvgIpc) is 2.41. The van der Waals surface area contributed by atoms with Crippen LogP contribution in [-0.2, 0) is 9.63 Å². The molecule has 70 valence electrons. The molecule has 0 N–H and O–H groups in total. The van der Waals surface area contributed by atoms with Gasteiger partial charge in [-0.1, -0.05) is 18.7 Å². The van der Waals surface area contributed by atoms with Crippen molar-refractivity contribution in [3.63, 3.8) is 0 Å². The number of rotatable bonds is 1. The van der Waals surface area contributed by atoms with Gasteiger partial charge in [-0.15, -0.1) is 0 Å². The second-order valence-electron chi connectivity index (χ2n) is 3.46. The third-order valence-corrected chi connectivity index (χ3v) is 2.82. The number of fused-ring (bicyclic) bond motifs is 1. The number of hydrogen-bond donors (Lipinski definition) is 0. The van der Waals surface area contributed by atoms with Crippen molar-refractivity contribution in [2.45, 2.75) is 12.8 Å². The van der Waals surface area contributed by atoms with Crippen LogP contribution in [0.15, 0.2) is 24.4 Å². The molecule has 3 nitrogen and oxygen atoms in total. The van der Waals surface area contributed by atoms with Gasteiger partial charge in [0.2, 0.25) is 0 Å². The van der Waals surface area contributed by atoms with Crippen LogP contribution in [0.25, 0.3) is 0 Å². The Labute approximate surface area is 77.6 Å². The van der Waals surface area contributed by atoms with Crippen molar-refractivity contribution < 1.29 is 9.63 Å². The number of hydroxylamine groups is 2. The monoisotopic (exact) mass is 179 g/mol. The van der Waals surface area contributed by atoms with Crippen LogP contribution in [0.5, 0.6) is 0 Å². The summed E-state index contributed by atoms with van der Waals surface area (Å²) in [5.74, 6) is 0.386. The van der Waals surface area contributed by atoms with Gasteiger partial charge in [-0.3, -0.25) is 9.63 Å². The molecule has 13 heavy (non-hydrogen) atoms. The van der Waals surface area contributed by atoms with E-state index < -0.39 is 0 Å². The van der Waals surface area contributed by atoms with E-state index in [1.807, 2.05) is 0 Å². The zero-order valence-electron chi connectivity index (χ0n) is 7.69. The summed E-state index contributed by atoms with van der Waals surface area (Å²) >= 11 is 0. The van der Waals surface area contributed by atoms with E-state index in [1.54, 1.807) is 0 Å². The van der Waals surface area contributed by atoms with Gasteiger partial charge in [0.1, 0.15) is 0 Å². The second kappa shape index (κ2) is 3.00. The molecule has 2 unspecified atom stereocenters. The van der Waals surface area contributed by atoms with Crippen LogP contribution >= 0.6 is 0 Å². The lowest BCUT2D eigenvalue weighted by atomic mass is 9.84. The van der Waals surface area contributed by atoms with Crippen molar-refractivity contribution in [3.8, 4) is 0 Å². The fourth-order valence-electron chi connectivity index (χ4n) is 2.11.